The molecule has 0 unspecified atom stereocenters. The van der Waals surface area contributed by atoms with Gasteiger partial charge in [-0.1, -0.05) is 42.5 Å². The molecule has 2 aromatic rings. The van der Waals surface area contributed by atoms with Gasteiger partial charge in [0.15, 0.2) is 5.11 Å². The predicted octanol–water partition coefficient (Wildman–Crippen LogP) is 3.90. The summed E-state index contributed by atoms with van der Waals surface area (Å²) in [7, 11) is 0. The fourth-order valence-corrected chi connectivity index (χ4v) is 3.50. The van der Waals surface area contributed by atoms with Gasteiger partial charge in [-0.3, -0.25) is 0 Å². The van der Waals surface area contributed by atoms with Crippen LogP contribution in [-0.2, 0) is 9.53 Å². The number of nitrogens with one attached hydrogen (secondary N) is 2. The van der Waals surface area contributed by atoms with Gasteiger partial charge in [-0.2, -0.15) is 0 Å². The Morgan fingerprint density at radius 3 is 2.46 bits per heavy atom. The summed E-state index contributed by atoms with van der Waals surface area (Å²) in [5.41, 5.74) is 3.07. The molecule has 0 amide bonds. The third-order valence-corrected chi connectivity index (χ3v) is 5.04. The van der Waals surface area contributed by atoms with E-state index in [2.05, 4.69) is 10.6 Å². The van der Waals surface area contributed by atoms with Gasteiger partial charge in [-0.05, 0) is 48.7 Å². The second kappa shape index (κ2) is 8.38. The summed E-state index contributed by atoms with van der Waals surface area (Å²) >= 11 is 7.08. The van der Waals surface area contributed by atoms with Gasteiger partial charge in [0.1, 0.15) is 0 Å². The number of hydrogen-bond donors (Lipinski definition) is 2. The zero-order chi connectivity index (χ0) is 18.5. The van der Waals surface area contributed by atoms with Crippen molar-refractivity contribution in [3.8, 4) is 0 Å². The van der Waals surface area contributed by atoms with Crippen molar-refractivity contribution in [1.29, 1.82) is 0 Å². The SMILES string of the molecule is CCOC(=O)C1=C(c2ccccc2)NC(=S)N[C@@H]1c1ccc(SC)cc1. The van der Waals surface area contributed by atoms with Crippen LogP contribution in [0, 0.1) is 0 Å². The smallest absolute Gasteiger partial charge is 0.338 e. The highest BCUT2D eigenvalue weighted by Gasteiger charge is 2.33. The Labute approximate surface area is 163 Å². The van der Waals surface area contributed by atoms with Crippen molar-refractivity contribution in [2.75, 3.05) is 12.9 Å². The van der Waals surface area contributed by atoms with E-state index in [0.29, 0.717) is 23.0 Å². The Morgan fingerprint density at radius 2 is 1.85 bits per heavy atom. The summed E-state index contributed by atoms with van der Waals surface area (Å²) < 4.78 is 5.34. The van der Waals surface area contributed by atoms with Gasteiger partial charge in [0, 0.05) is 4.90 Å². The molecule has 3 rings (SSSR count). The first kappa shape index (κ1) is 18.5. The Kier molecular flexibility index (Phi) is 5.96. The largest absolute Gasteiger partial charge is 0.463 e. The van der Waals surface area contributed by atoms with Crippen LogP contribution in [0.2, 0.25) is 0 Å². The molecule has 6 heteroatoms. The molecule has 1 heterocycles. The zero-order valence-electron chi connectivity index (χ0n) is 14.6. The summed E-state index contributed by atoms with van der Waals surface area (Å²) in [6.45, 7) is 2.12. The van der Waals surface area contributed by atoms with Crippen LogP contribution < -0.4 is 10.6 Å². The molecular weight excluding hydrogens is 364 g/mol. The van der Waals surface area contributed by atoms with Crippen LogP contribution in [-0.4, -0.2) is 23.9 Å². The number of rotatable bonds is 5. The molecule has 1 atom stereocenters. The van der Waals surface area contributed by atoms with E-state index < -0.39 is 0 Å². The van der Waals surface area contributed by atoms with Crippen LogP contribution in [0.25, 0.3) is 5.70 Å². The fraction of sp³-hybridized carbons (Fsp3) is 0.200. The summed E-state index contributed by atoms with van der Waals surface area (Å²) in [6, 6.07) is 17.4. The van der Waals surface area contributed by atoms with Crippen LogP contribution >= 0.6 is 24.0 Å². The maximum Gasteiger partial charge on any atom is 0.338 e. The van der Waals surface area contributed by atoms with Crippen LogP contribution in [0.1, 0.15) is 24.1 Å². The summed E-state index contributed by atoms with van der Waals surface area (Å²) in [5.74, 6) is -0.354. The molecule has 134 valence electrons. The zero-order valence-corrected chi connectivity index (χ0v) is 16.2. The second-order valence-electron chi connectivity index (χ2n) is 5.68. The Morgan fingerprint density at radius 1 is 1.15 bits per heavy atom. The summed E-state index contributed by atoms with van der Waals surface area (Å²) in [5, 5.41) is 6.84. The number of thiocarbonyl (C=S) groups is 1. The highest BCUT2D eigenvalue weighted by Crippen LogP contribution is 2.32. The maximum absolute atomic E-state index is 12.8. The van der Waals surface area contributed by atoms with E-state index in [-0.39, 0.29) is 12.0 Å². The predicted molar refractivity (Wildman–Crippen MR) is 110 cm³/mol. The lowest BCUT2D eigenvalue weighted by Gasteiger charge is -2.31. The van der Waals surface area contributed by atoms with E-state index in [1.54, 1.807) is 18.7 Å². The Balaban J connectivity index is 2.13. The van der Waals surface area contributed by atoms with Crippen molar-refractivity contribution >= 4 is 40.8 Å². The van der Waals surface area contributed by atoms with Gasteiger partial charge in [0.25, 0.3) is 0 Å². The van der Waals surface area contributed by atoms with Crippen LogP contribution in [0.15, 0.2) is 65.1 Å². The minimum atomic E-state index is -0.367. The molecule has 2 N–H and O–H groups in total. The molecule has 26 heavy (non-hydrogen) atoms. The Hall–Kier alpha value is -2.31. The number of hydrogen-bond acceptors (Lipinski definition) is 4. The maximum atomic E-state index is 12.8. The molecule has 0 saturated carbocycles. The third-order valence-electron chi connectivity index (χ3n) is 4.08. The van der Waals surface area contributed by atoms with Crippen LogP contribution in [0.5, 0.6) is 0 Å². The molecule has 1 aliphatic heterocycles. The first-order valence-electron chi connectivity index (χ1n) is 8.32. The molecule has 0 saturated heterocycles. The first-order valence-corrected chi connectivity index (χ1v) is 9.95. The molecule has 0 bridgehead atoms. The van der Waals surface area contributed by atoms with E-state index in [1.807, 2.05) is 60.9 Å². The molecule has 2 aromatic carbocycles. The first-order chi connectivity index (χ1) is 12.6. The van der Waals surface area contributed by atoms with E-state index in [4.69, 9.17) is 17.0 Å². The molecule has 1 aliphatic rings. The van der Waals surface area contributed by atoms with E-state index in [0.717, 1.165) is 16.0 Å². The minimum absolute atomic E-state index is 0.312. The number of benzene rings is 2. The van der Waals surface area contributed by atoms with Gasteiger partial charge in [-0.15, -0.1) is 11.8 Å². The van der Waals surface area contributed by atoms with E-state index in [1.165, 1.54) is 0 Å². The lowest BCUT2D eigenvalue weighted by Crippen LogP contribution is -2.45. The van der Waals surface area contributed by atoms with E-state index in [9.17, 15) is 4.79 Å². The molecule has 0 aliphatic carbocycles. The van der Waals surface area contributed by atoms with Crippen molar-refractivity contribution in [2.24, 2.45) is 0 Å². The third kappa shape index (κ3) is 3.92. The van der Waals surface area contributed by atoms with Crippen molar-refractivity contribution in [2.45, 2.75) is 17.9 Å². The van der Waals surface area contributed by atoms with Crippen molar-refractivity contribution in [1.82, 2.24) is 10.6 Å². The second-order valence-corrected chi connectivity index (χ2v) is 6.97. The molecule has 0 aromatic heterocycles. The molecular formula is C20H20N2O2S2. The highest BCUT2D eigenvalue weighted by atomic mass is 32.2. The normalized spacial score (nSPS) is 16.7. The van der Waals surface area contributed by atoms with E-state index >= 15 is 0 Å². The van der Waals surface area contributed by atoms with Gasteiger partial charge < -0.3 is 15.4 Å². The Bertz CT molecular complexity index is 833. The molecule has 0 spiro atoms. The summed E-state index contributed by atoms with van der Waals surface area (Å²) in [6.07, 6.45) is 2.03. The average Bonchev–Trinajstić information content (AvgIpc) is 2.68. The fourth-order valence-electron chi connectivity index (χ4n) is 2.87. The van der Waals surface area contributed by atoms with Gasteiger partial charge in [0.2, 0.25) is 0 Å². The lowest BCUT2D eigenvalue weighted by molar-refractivity contribution is -0.138. The molecule has 0 fully saturated rings. The lowest BCUT2D eigenvalue weighted by atomic mass is 9.93. The summed E-state index contributed by atoms with van der Waals surface area (Å²) in [4.78, 5) is 14.0. The van der Waals surface area contributed by atoms with Gasteiger partial charge >= 0.3 is 5.97 Å². The van der Waals surface area contributed by atoms with Crippen LogP contribution in [0.3, 0.4) is 0 Å². The monoisotopic (exact) mass is 384 g/mol. The molecule has 4 nitrogen and oxygen atoms in total. The van der Waals surface area contributed by atoms with Crippen molar-refractivity contribution in [3.63, 3.8) is 0 Å². The quantitative estimate of drug-likeness (QED) is 0.463. The number of thioether (sulfide) groups is 1. The number of ether oxygens (including phenoxy) is 1. The number of carbonyl (C=O) groups excluding carboxylic acids is 1. The van der Waals surface area contributed by atoms with Crippen molar-refractivity contribution in [3.05, 3.63) is 71.3 Å². The standard InChI is InChI=1S/C20H20N2O2S2/c1-3-24-19(23)16-17(13-7-5-4-6-8-13)21-20(25)22-18(16)14-9-11-15(26-2)12-10-14/h4-12,18H,3H2,1-2H3,(H2,21,22,25)/t18-/m1/s1. The number of carbonyl (C=O) groups is 1. The minimum Gasteiger partial charge on any atom is -0.463 e. The average molecular weight is 385 g/mol. The van der Waals surface area contributed by atoms with Crippen molar-refractivity contribution < 1.29 is 9.53 Å². The number of esters is 1. The van der Waals surface area contributed by atoms with Crippen LogP contribution in [0.4, 0.5) is 0 Å². The highest BCUT2D eigenvalue weighted by molar-refractivity contribution is 7.98. The topological polar surface area (TPSA) is 50.4 Å². The molecule has 0 radical (unpaired) electrons. The van der Waals surface area contributed by atoms with Gasteiger partial charge in [-0.25, -0.2) is 4.79 Å². The van der Waals surface area contributed by atoms with Gasteiger partial charge in [0.05, 0.1) is 23.9 Å².